The summed E-state index contributed by atoms with van der Waals surface area (Å²) in [7, 11) is -3.70. The topological polar surface area (TPSA) is 95.2 Å². The van der Waals surface area contributed by atoms with Crippen LogP contribution in [0.15, 0.2) is 11.2 Å². The summed E-state index contributed by atoms with van der Waals surface area (Å²) >= 11 is 0. The number of piperidine rings is 1. The first-order valence-corrected chi connectivity index (χ1v) is 8.32. The summed E-state index contributed by atoms with van der Waals surface area (Å²) in [6.45, 7) is 3.10. The van der Waals surface area contributed by atoms with Crippen LogP contribution in [0.3, 0.4) is 0 Å². The largest absolute Gasteiger partial charge is 0.342 e. The van der Waals surface area contributed by atoms with E-state index < -0.39 is 10.0 Å². The lowest BCUT2D eigenvalue weighted by Gasteiger charge is -2.26. The van der Waals surface area contributed by atoms with Gasteiger partial charge in [-0.25, -0.2) is 18.1 Å². The number of imidazole rings is 1. The molecule has 2 rings (SSSR count). The van der Waals surface area contributed by atoms with Gasteiger partial charge in [-0.15, -0.1) is 0 Å². The van der Waals surface area contributed by atoms with E-state index in [9.17, 15) is 13.2 Å². The molecule has 112 valence electrons. The third kappa shape index (κ3) is 3.57. The Balaban J connectivity index is 1.93. The number of nitrogens with one attached hydrogen (secondary N) is 2. The van der Waals surface area contributed by atoms with E-state index in [0.717, 1.165) is 19.3 Å². The zero-order chi connectivity index (χ0) is 14.6. The quantitative estimate of drug-likeness (QED) is 0.815. The molecule has 2 N–H and O–H groups in total. The molecule has 0 aromatic carbocycles. The summed E-state index contributed by atoms with van der Waals surface area (Å²) in [5, 5.41) is 0.000735. The number of likely N-dealkylation sites (tertiary alicyclic amines) is 1. The van der Waals surface area contributed by atoms with Crippen LogP contribution in [0.2, 0.25) is 0 Å². The van der Waals surface area contributed by atoms with Crippen molar-refractivity contribution in [3.63, 3.8) is 0 Å². The molecule has 1 saturated heterocycles. The van der Waals surface area contributed by atoms with E-state index >= 15 is 0 Å². The first kappa shape index (κ1) is 15.0. The predicted molar refractivity (Wildman–Crippen MR) is 73.6 cm³/mol. The van der Waals surface area contributed by atoms with Gasteiger partial charge in [-0.05, 0) is 19.3 Å². The van der Waals surface area contributed by atoms with Gasteiger partial charge in [-0.1, -0.05) is 6.92 Å². The Morgan fingerprint density at radius 2 is 2.10 bits per heavy atom. The average Bonchev–Trinajstić information content (AvgIpc) is 2.95. The van der Waals surface area contributed by atoms with Gasteiger partial charge in [0.15, 0.2) is 5.03 Å². The lowest BCUT2D eigenvalue weighted by Crippen LogP contribution is -2.42. The minimum Gasteiger partial charge on any atom is -0.342 e. The number of amides is 1. The highest BCUT2D eigenvalue weighted by Crippen LogP contribution is 2.09. The highest BCUT2D eigenvalue weighted by atomic mass is 32.2. The maximum atomic E-state index is 12.0. The lowest BCUT2D eigenvalue weighted by molar-refractivity contribution is -0.130. The summed E-state index contributed by atoms with van der Waals surface area (Å²) in [5.41, 5.74) is 0. The first-order chi connectivity index (χ1) is 9.53. The van der Waals surface area contributed by atoms with Crippen LogP contribution in [0.25, 0.3) is 0 Å². The number of nitrogens with zero attached hydrogens (tertiary/aromatic N) is 2. The highest BCUT2D eigenvalue weighted by molar-refractivity contribution is 7.89. The van der Waals surface area contributed by atoms with Gasteiger partial charge in [-0.2, -0.15) is 0 Å². The maximum absolute atomic E-state index is 12.0. The van der Waals surface area contributed by atoms with Gasteiger partial charge in [0.1, 0.15) is 5.82 Å². The van der Waals surface area contributed by atoms with Crippen LogP contribution in [-0.4, -0.2) is 48.8 Å². The van der Waals surface area contributed by atoms with E-state index in [1.165, 1.54) is 6.20 Å². The van der Waals surface area contributed by atoms with Gasteiger partial charge in [0.05, 0.1) is 12.7 Å². The molecule has 1 amide bonds. The second-order valence-electron chi connectivity index (χ2n) is 4.81. The van der Waals surface area contributed by atoms with E-state index in [4.69, 9.17) is 0 Å². The van der Waals surface area contributed by atoms with Crippen LogP contribution in [0.4, 0.5) is 0 Å². The van der Waals surface area contributed by atoms with Crippen LogP contribution in [-0.2, 0) is 21.2 Å². The first-order valence-electron chi connectivity index (χ1n) is 6.84. The van der Waals surface area contributed by atoms with Crippen molar-refractivity contribution in [1.29, 1.82) is 0 Å². The molecule has 0 atom stereocenters. The molecule has 8 heteroatoms. The van der Waals surface area contributed by atoms with E-state index in [-0.39, 0.29) is 17.5 Å². The Kier molecular flexibility index (Phi) is 4.77. The predicted octanol–water partition coefficient (Wildman–Crippen LogP) is 0.263. The van der Waals surface area contributed by atoms with Crippen molar-refractivity contribution in [2.24, 2.45) is 0 Å². The second kappa shape index (κ2) is 6.36. The molecule has 0 spiro atoms. The number of H-pyrrole nitrogens is 1. The molecule has 1 aliphatic rings. The van der Waals surface area contributed by atoms with Gasteiger partial charge < -0.3 is 9.88 Å². The molecule has 0 radical (unpaired) electrons. The number of aromatic nitrogens is 2. The molecule has 0 bridgehead atoms. The van der Waals surface area contributed by atoms with Crippen molar-refractivity contribution in [3.05, 3.63) is 12.0 Å². The Morgan fingerprint density at radius 3 is 2.70 bits per heavy atom. The summed E-state index contributed by atoms with van der Waals surface area (Å²) in [4.78, 5) is 20.3. The number of hydrogen-bond donors (Lipinski definition) is 2. The van der Waals surface area contributed by atoms with E-state index in [0.29, 0.717) is 25.3 Å². The molecule has 2 heterocycles. The second-order valence-corrected chi connectivity index (χ2v) is 6.55. The average molecular weight is 300 g/mol. The lowest BCUT2D eigenvalue weighted by atomic mass is 10.1. The van der Waals surface area contributed by atoms with Gasteiger partial charge in [0.2, 0.25) is 5.91 Å². The molecule has 20 heavy (non-hydrogen) atoms. The molecule has 0 aliphatic carbocycles. The van der Waals surface area contributed by atoms with Gasteiger partial charge in [0, 0.05) is 19.5 Å². The van der Waals surface area contributed by atoms with Crippen molar-refractivity contribution in [1.82, 2.24) is 19.6 Å². The SMILES string of the molecule is CCc1ncc(S(=O)(=O)NCC(=O)N2CCCCC2)[nH]1. The van der Waals surface area contributed by atoms with E-state index in [2.05, 4.69) is 14.7 Å². The molecular weight excluding hydrogens is 280 g/mol. The van der Waals surface area contributed by atoms with Crippen LogP contribution in [0.5, 0.6) is 0 Å². The zero-order valence-corrected chi connectivity index (χ0v) is 12.4. The standard InChI is InChI=1S/C12H20N4O3S/c1-2-10-13-8-11(15-10)20(18,19)14-9-12(17)16-6-4-3-5-7-16/h8,14H,2-7,9H2,1H3,(H,13,15). The van der Waals surface area contributed by atoms with Crippen molar-refractivity contribution >= 4 is 15.9 Å². The number of sulfonamides is 1. The van der Waals surface area contributed by atoms with Crippen LogP contribution < -0.4 is 4.72 Å². The highest BCUT2D eigenvalue weighted by Gasteiger charge is 2.21. The Labute approximate surface area is 118 Å². The fourth-order valence-corrected chi connectivity index (χ4v) is 3.06. The van der Waals surface area contributed by atoms with Crippen LogP contribution in [0, 0.1) is 0 Å². The fourth-order valence-electron chi connectivity index (χ4n) is 2.15. The van der Waals surface area contributed by atoms with Gasteiger partial charge in [-0.3, -0.25) is 4.79 Å². The van der Waals surface area contributed by atoms with Crippen LogP contribution in [0.1, 0.15) is 32.0 Å². The monoisotopic (exact) mass is 300 g/mol. The molecule has 1 fully saturated rings. The van der Waals surface area contributed by atoms with Gasteiger partial charge in [0.25, 0.3) is 10.0 Å². The minimum atomic E-state index is -3.70. The Bertz CT molecular complexity index is 561. The van der Waals surface area contributed by atoms with E-state index in [1.54, 1.807) is 4.90 Å². The number of rotatable bonds is 5. The number of carbonyl (C=O) groups is 1. The maximum Gasteiger partial charge on any atom is 0.258 e. The fraction of sp³-hybridized carbons (Fsp3) is 0.667. The molecule has 7 nitrogen and oxygen atoms in total. The third-order valence-electron chi connectivity index (χ3n) is 3.35. The molecular formula is C12H20N4O3S. The Hall–Kier alpha value is -1.41. The van der Waals surface area contributed by atoms with Crippen molar-refractivity contribution in [2.45, 2.75) is 37.6 Å². The molecule has 0 saturated carbocycles. The van der Waals surface area contributed by atoms with Gasteiger partial charge >= 0.3 is 0 Å². The number of aromatic amines is 1. The van der Waals surface area contributed by atoms with Crippen molar-refractivity contribution < 1.29 is 13.2 Å². The van der Waals surface area contributed by atoms with Crippen molar-refractivity contribution in [3.8, 4) is 0 Å². The molecule has 1 aromatic rings. The number of hydrogen-bond acceptors (Lipinski definition) is 4. The van der Waals surface area contributed by atoms with Crippen molar-refractivity contribution in [2.75, 3.05) is 19.6 Å². The number of aryl methyl sites for hydroxylation is 1. The minimum absolute atomic E-state index is 0.000735. The third-order valence-corrected chi connectivity index (χ3v) is 4.66. The zero-order valence-electron chi connectivity index (χ0n) is 11.6. The molecule has 1 aliphatic heterocycles. The summed E-state index contributed by atoms with van der Waals surface area (Å²) in [5.74, 6) is 0.427. The van der Waals surface area contributed by atoms with E-state index in [1.807, 2.05) is 6.92 Å². The normalized spacial score (nSPS) is 16.4. The smallest absolute Gasteiger partial charge is 0.258 e. The summed E-state index contributed by atoms with van der Waals surface area (Å²) < 4.78 is 26.3. The number of carbonyl (C=O) groups excluding carboxylic acids is 1. The summed E-state index contributed by atoms with van der Waals surface area (Å²) in [6.07, 6.45) is 5.00. The molecule has 1 aromatic heterocycles. The summed E-state index contributed by atoms with van der Waals surface area (Å²) in [6, 6.07) is 0. The molecule has 0 unspecified atom stereocenters. The van der Waals surface area contributed by atoms with Crippen LogP contribution >= 0.6 is 0 Å². The Morgan fingerprint density at radius 1 is 1.40 bits per heavy atom.